The summed E-state index contributed by atoms with van der Waals surface area (Å²) < 4.78 is 39.1. The number of rotatable bonds is 8. The van der Waals surface area contributed by atoms with Crippen molar-refractivity contribution in [3.63, 3.8) is 0 Å². The van der Waals surface area contributed by atoms with Crippen molar-refractivity contribution in [3.8, 4) is 5.75 Å². The SMILES string of the molecule is CCCC[C@H](NS(=O)(=O)c1ccc(C)cc1)C(=O)Oc1cc2oc(=O)c3c(c2cc1Cl)CCC3. The van der Waals surface area contributed by atoms with E-state index in [1.54, 1.807) is 18.2 Å². The van der Waals surface area contributed by atoms with E-state index in [1.807, 2.05) is 13.8 Å². The van der Waals surface area contributed by atoms with E-state index >= 15 is 0 Å². The van der Waals surface area contributed by atoms with Crippen LogP contribution in [-0.4, -0.2) is 20.4 Å². The van der Waals surface area contributed by atoms with Crippen molar-refractivity contribution in [1.82, 2.24) is 4.72 Å². The molecule has 1 heterocycles. The van der Waals surface area contributed by atoms with Gasteiger partial charge in [-0.3, -0.25) is 0 Å². The van der Waals surface area contributed by atoms with E-state index < -0.39 is 27.7 Å². The Bertz CT molecular complexity index is 1400. The molecule has 1 aliphatic rings. The molecule has 0 aliphatic heterocycles. The normalized spacial score (nSPS) is 14.2. The highest BCUT2D eigenvalue weighted by Gasteiger charge is 2.28. The lowest BCUT2D eigenvalue weighted by molar-refractivity contribution is -0.136. The third-order valence-corrected chi connectivity index (χ3v) is 7.78. The van der Waals surface area contributed by atoms with E-state index in [0.717, 1.165) is 35.8 Å². The molecule has 0 radical (unpaired) electrons. The molecule has 0 saturated carbocycles. The van der Waals surface area contributed by atoms with Gasteiger partial charge in [0, 0.05) is 17.0 Å². The zero-order valence-electron chi connectivity index (χ0n) is 19.0. The maximum Gasteiger partial charge on any atom is 0.339 e. The van der Waals surface area contributed by atoms with Crippen molar-refractivity contribution in [2.75, 3.05) is 0 Å². The van der Waals surface area contributed by atoms with Gasteiger partial charge in [-0.15, -0.1) is 0 Å². The average molecular weight is 504 g/mol. The quantitative estimate of drug-likeness (QED) is 0.272. The maximum atomic E-state index is 13.0. The van der Waals surface area contributed by atoms with Crippen LogP contribution < -0.4 is 15.1 Å². The van der Waals surface area contributed by atoms with Crippen LogP contribution in [0.3, 0.4) is 0 Å². The molecule has 9 heteroatoms. The number of hydrogen-bond acceptors (Lipinski definition) is 6. The number of carbonyl (C=O) groups is 1. The van der Waals surface area contributed by atoms with Crippen LogP contribution in [0.4, 0.5) is 0 Å². The van der Waals surface area contributed by atoms with Crippen LogP contribution in [0.5, 0.6) is 5.75 Å². The topological polar surface area (TPSA) is 103 Å². The fourth-order valence-electron chi connectivity index (χ4n) is 4.15. The number of carbonyl (C=O) groups excluding carboxylic acids is 1. The van der Waals surface area contributed by atoms with Gasteiger partial charge in [0.25, 0.3) is 0 Å². The fourth-order valence-corrected chi connectivity index (χ4v) is 5.57. The molecule has 0 saturated heterocycles. The Labute approximate surface area is 203 Å². The zero-order valence-corrected chi connectivity index (χ0v) is 20.6. The summed E-state index contributed by atoms with van der Waals surface area (Å²) in [4.78, 5) is 25.4. The summed E-state index contributed by atoms with van der Waals surface area (Å²) >= 11 is 6.41. The van der Waals surface area contributed by atoms with Crippen LogP contribution in [0.25, 0.3) is 11.0 Å². The molecular weight excluding hydrogens is 478 g/mol. The van der Waals surface area contributed by atoms with Crippen LogP contribution in [0, 0.1) is 6.92 Å². The van der Waals surface area contributed by atoms with Crippen LogP contribution >= 0.6 is 11.6 Å². The maximum absolute atomic E-state index is 13.0. The Balaban J connectivity index is 1.61. The monoisotopic (exact) mass is 503 g/mol. The molecule has 1 aromatic heterocycles. The largest absolute Gasteiger partial charge is 0.424 e. The first-order valence-electron chi connectivity index (χ1n) is 11.3. The van der Waals surface area contributed by atoms with Crippen molar-refractivity contribution >= 4 is 38.6 Å². The molecule has 3 aromatic rings. The van der Waals surface area contributed by atoms with Gasteiger partial charge in [0.2, 0.25) is 10.0 Å². The van der Waals surface area contributed by atoms with Crippen molar-refractivity contribution in [2.24, 2.45) is 0 Å². The van der Waals surface area contributed by atoms with Gasteiger partial charge in [-0.25, -0.2) is 18.0 Å². The highest BCUT2D eigenvalue weighted by Crippen LogP contribution is 2.35. The van der Waals surface area contributed by atoms with E-state index in [1.165, 1.54) is 18.2 Å². The third kappa shape index (κ3) is 5.04. The second kappa shape index (κ2) is 9.90. The van der Waals surface area contributed by atoms with Crippen LogP contribution in [0.15, 0.2) is 50.5 Å². The van der Waals surface area contributed by atoms with Gasteiger partial charge in [-0.05, 0) is 56.4 Å². The second-order valence-corrected chi connectivity index (χ2v) is 10.7. The first kappa shape index (κ1) is 24.4. The van der Waals surface area contributed by atoms with E-state index in [-0.39, 0.29) is 27.7 Å². The van der Waals surface area contributed by atoms with E-state index in [9.17, 15) is 18.0 Å². The van der Waals surface area contributed by atoms with Crippen molar-refractivity contribution in [2.45, 2.75) is 63.3 Å². The van der Waals surface area contributed by atoms with Crippen LogP contribution in [0.1, 0.15) is 49.3 Å². The lowest BCUT2D eigenvalue weighted by Crippen LogP contribution is -2.43. The predicted octanol–water partition coefficient (Wildman–Crippen LogP) is 4.69. The number of fused-ring (bicyclic) bond motifs is 3. The Hall–Kier alpha value is -2.68. The van der Waals surface area contributed by atoms with Gasteiger partial charge in [0.05, 0.1) is 9.92 Å². The molecule has 0 amide bonds. The average Bonchev–Trinajstić information content (AvgIpc) is 3.29. The number of ether oxygens (including phenoxy) is 1. The number of halogens is 1. The van der Waals surface area contributed by atoms with E-state index in [2.05, 4.69) is 4.72 Å². The first-order chi connectivity index (χ1) is 16.2. The Morgan fingerprint density at radius 3 is 2.59 bits per heavy atom. The molecule has 1 N–H and O–H groups in total. The summed E-state index contributed by atoms with van der Waals surface area (Å²) in [7, 11) is -3.94. The highest BCUT2D eigenvalue weighted by atomic mass is 35.5. The molecule has 0 unspecified atom stereocenters. The standard InChI is InChI=1S/C25H26ClNO6S/c1-3-4-8-21(27-34(30,31)16-11-9-15(2)10-12-16)25(29)33-23-14-22-19(13-20(23)26)17-6-5-7-18(17)24(28)32-22/h9-14,21,27H,3-8H2,1-2H3/t21-/m0/s1. The number of hydrogen-bond donors (Lipinski definition) is 1. The summed E-state index contributed by atoms with van der Waals surface area (Å²) in [5.41, 5.74) is 2.38. The summed E-state index contributed by atoms with van der Waals surface area (Å²) in [5.74, 6) is -0.773. The summed E-state index contributed by atoms with van der Waals surface area (Å²) in [5, 5.41) is 0.902. The van der Waals surface area contributed by atoms with E-state index in [0.29, 0.717) is 18.4 Å². The Morgan fingerprint density at radius 2 is 1.88 bits per heavy atom. The van der Waals surface area contributed by atoms with Crippen LogP contribution in [-0.2, 0) is 27.7 Å². The van der Waals surface area contributed by atoms with Gasteiger partial charge in [-0.2, -0.15) is 4.72 Å². The third-order valence-electron chi connectivity index (χ3n) is 6.00. The smallest absolute Gasteiger partial charge is 0.339 e. The lowest BCUT2D eigenvalue weighted by atomic mass is 10.1. The molecule has 0 spiro atoms. The summed E-state index contributed by atoms with van der Waals surface area (Å²) in [6.45, 7) is 3.80. The molecular formula is C25H26ClNO6S. The second-order valence-electron chi connectivity index (χ2n) is 8.53. The highest BCUT2D eigenvalue weighted by molar-refractivity contribution is 7.89. The minimum Gasteiger partial charge on any atom is -0.424 e. The number of esters is 1. The summed E-state index contributed by atoms with van der Waals surface area (Å²) in [6, 6.07) is 8.29. The molecule has 0 fully saturated rings. The first-order valence-corrected chi connectivity index (χ1v) is 13.1. The molecule has 1 aliphatic carbocycles. The van der Waals surface area contributed by atoms with Crippen LogP contribution in [0.2, 0.25) is 5.02 Å². The molecule has 0 bridgehead atoms. The van der Waals surface area contributed by atoms with Crippen molar-refractivity contribution in [3.05, 3.63) is 68.5 Å². The van der Waals surface area contributed by atoms with Gasteiger partial charge in [0.15, 0.2) is 5.75 Å². The van der Waals surface area contributed by atoms with Crippen molar-refractivity contribution in [1.29, 1.82) is 0 Å². The molecule has 34 heavy (non-hydrogen) atoms. The number of unbranched alkanes of at least 4 members (excludes halogenated alkanes) is 1. The molecule has 4 rings (SSSR count). The lowest BCUT2D eigenvalue weighted by Gasteiger charge is -2.18. The van der Waals surface area contributed by atoms with E-state index in [4.69, 9.17) is 20.8 Å². The number of nitrogens with one attached hydrogen (secondary N) is 1. The molecule has 2 aromatic carbocycles. The predicted molar refractivity (Wildman–Crippen MR) is 130 cm³/mol. The molecule has 1 atom stereocenters. The fraction of sp³-hybridized carbons (Fsp3) is 0.360. The number of benzene rings is 2. The molecule has 180 valence electrons. The number of aryl methyl sites for hydroxylation is 2. The van der Waals surface area contributed by atoms with Crippen molar-refractivity contribution < 1.29 is 22.4 Å². The van der Waals surface area contributed by atoms with Gasteiger partial charge < -0.3 is 9.15 Å². The minimum atomic E-state index is -3.94. The van der Waals surface area contributed by atoms with Gasteiger partial charge >= 0.3 is 11.6 Å². The van der Waals surface area contributed by atoms with Gasteiger partial charge in [0.1, 0.15) is 11.6 Å². The summed E-state index contributed by atoms with van der Waals surface area (Å²) in [6.07, 6.45) is 3.93. The zero-order chi connectivity index (χ0) is 24.5. The van der Waals surface area contributed by atoms with Gasteiger partial charge in [-0.1, -0.05) is 49.1 Å². The Kier molecular flexibility index (Phi) is 7.12. The minimum absolute atomic E-state index is 0.0105. The number of sulfonamides is 1. The Morgan fingerprint density at radius 1 is 1.18 bits per heavy atom. The molecule has 7 nitrogen and oxygen atoms in total.